The van der Waals surface area contributed by atoms with Gasteiger partial charge in [-0.15, -0.1) is 0 Å². The molecule has 0 rings (SSSR count). The minimum Gasteiger partial charge on any atom is -0.450 e. The molecule has 5 heteroatoms. The lowest BCUT2D eigenvalue weighted by Gasteiger charge is -2.04. The van der Waals surface area contributed by atoms with Crippen LogP contribution in [-0.4, -0.2) is 25.3 Å². The van der Waals surface area contributed by atoms with E-state index in [4.69, 9.17) is 0 Å². The van der Waals surface area contributed by atoms with Gasteiger partial charge >= 0.3 is 12.1 Å². The van der Waals surface area contributed by atoms with Crippen LogP contribution in [0.25, 0.3) is 0 Å². The van der Waals surface area contributed by atoms with Gasteiger partial charge in [0.2, 0.25) is 0 Å². The molecule has 2 N–H and O–H groups in total. The summed E-state index contributed by atoms with van der Waals surface area (Å²) in [5.41, 5.74) is 0. The van der Waals surface area contributed by atoms with E-state index in [9.17, 15) is 9.59 Å². The zero-order valence-electron chi connectivity index (χ0n) is 7.35. The summed E-state index contributed by atoms with van der Waals surface area (Å²) in [7, 11) is 0. The number of carbonyl (C=O) groups excluding carboxylic acids is 2. The number of urea groups is 1. The van der Waals surface area contributed by atoms with Crippen LogP contribution < -0.4 is 10.6 Å². The lowest BCUT2D eigenvalue weighted by atomic mass is 10.5. The Kier molecular flexibility index (Phi) is 5.77. The fraction of sp³-hybridized carbons (Fsp3) is 0.714. The average Bonchev–Trinajstić information content (AvgIpc) is 2.01. The number of carbonyl (C=O) groups is 2. The van der Waals surface area contributed by atoms with Crippen molar-refractivity contribution in [2.75, 3.05) is 13.2 Å². The monoisotopic (exact) mass is 174 g/mol. The van der Waals surface area contributed by atoms with E-state index in [1.807, 2.05) is 12.2 Å². The third-order valence-corrected chi connectivity index (χ3v) is 1.03. The summed E-state index contributed by atoms with van der Waals surface area (Å²) in [5, 5.41) is 4.48. The van der Waals surface area contributed by atoms with E-state index in [1.165, 1.54) is 0 Å². The average molecular weight is 174 g/mol. The highest BCUT2D eigenvalue weighted by molar-refractivity contribution is 5.90. The Morgan fingerprint density at radius 2 is 2.00 bits per heavy atom. The van der Waals surface area contributed by atoms with Crippen molar-refractivity contribution in [2.24, 2.45) is 0 Å². The molecule has 0 aromatic rings. The van der Waals surface area contributed by atoms with E-state index in [2.05, 4.69) is 10.1 Å². The minimum atomic E-state index is -0.717. The summed E-state index contributed by atoms with van der Waals surface area (Å²) in [6.45, 7) is 4.40. The molecule has 0 heterocycles. The molecule has 0 aliphatic rings. The number of hydrogen-bond acceptors (Lipinski definition) is 3. The van der Waals surface area contributed by atoms with Gasteiger partial charge in [0.15, 0.2) is 0 Å². The first kappa shape index (κ1) is 10.7. The Morgan fingerprint density at radius 1 is 1.33 bits per heavy atom. The molecule has 12 heavy (non-hydrogen) atoms. The van der Waals surface area contributed by atoms with Gasteiger partial charge in [0, 0.05) is 6.54 Å². The van der Waals surface area contributed by atoms with Gasteiger partial charge in [0.25, 0.3) is 0 Å². The molecule has 3 amide bonds. The summed E-state index contributed by atoms with van der Waals surface area (Å²) >= 11 is 0. The number of imide groups is 1. The highest BCUT2D eigenvalue weighted by Gasteiger charge is 2.05. The Labute approximate surface area is 71.5 Å². The fourth-order valence-electron chi connectivity index (χ4n) is 0.543. The van der Waals surface area contributed by atoms with Gasteiger partial charge in [-0.1, -0.05) is 6.92 Å². The van der Waals surface area contributed by atoms with Crippen molar-refractivity contribution < 1.29 is 14.3 Å². The lowest BCUT2D eigenvalue weighted by molar-refractivity contribution is 0.153. The molecule has 0 unspecified atom stereocenters. The standard InChI is InChI=1S/C7H14N2O3/c1-3-5-8-6(10)9-7(11)12-4-2/h3-5H2,1-2H3,(H2,8,9,10,11). The molecule has 0 aliphatic carbocycles. The Balaban J connectivity index is 3.47. The van der Waals surface area contributed by atoms with Crippen LogP contribution in [0.5, 0.6) is 0 Å². The molecule has 0 saturated heterocycles. The van der Waals surface area contributed by atoms with E-state index in [0.29, 0.717) is 6.54 Å². The zero-order valence-corrected chi connectivity index (χ0v) is 7.35. The van der Waals surface area contributed by atoms with Crippen LogP contribution in [0.15, 0.2) is 0 Å². The number of nitrogens with one attached hydrogen (secondary N) is 2. The number of amides is 3. The van der Waals surface area contributed by atoms with Gasteiger partial charge in [-0.2, -0.15) is 0 Å². The third kappa shape index (κ3) is 5.52. The SMILES string of the molecule is CCCNC(=O)NC(=O)OCC. The fourth-order valence-corrected chi connectivity index (χ4v) is 0.543. The van der Waals surface area contributed by atoms with E-state index < -0.39 is 12.1 Å². The van der Waals surface area contributed by atoms with Crippen molar-refractivity contribution in [3.63, 3.8) is 0 Å². The normalized spacial score (nSPS) is 8.83. The molecule has 0 spiro atoms. The smallest absolute Gasteiger partial charge is 0.415 e. The van der Waals surface area contributed by atoms with Crippen LogP contribution >= 0.6 is 0 Å². The Hall–Kier alpha value is -1.26. The number of alkyl carbamates (subject to hydrolysis) is 1. The molecule has 0 atom stereocenters. The van der Waals surface area contributed by atoms with Crippen LogP contribution in [0, 0.1) is 0 Å². The quantitative estimate of drug-likeness (QED) is 0.666. The second kappa shape index (κ2) is 6.45. The summed E-state index contributed by atoms with van der Waals surface area (Å²) < 4.78 is 4.48. The topological polar surface area (TPSA) is 67.4 Å². The van der Waals surface area contributed by atoms with Crippen molar-refractivity contribution >= 4 is 12.1 Å². The molecule has 0 aromatic heterocycles. The maximum absolute atomic E-state index is 10.8. The van der Waals surface area contributed by atoms with Gasteiger partial charge in [-0.25, -0.2) is 14.9 Å². The minimum absolute atomic E-state index is 0.257. The second-order valence-corrected chi connectivity index (χ2v) is 2.10. The maximum Gasteiger partial charge on any atom is 0.415 e. The largest absolute Gasteiger partial charge is 0.450 e. The number of hydrogen-bond donors (Lipinski definition) is 2. The highest BCUT2D eigenvalue weighted by atomic mass is 16.5. The molecule has 0 bridgehead atoms. The summed E-state index contributed by atoms with van der Waals surface area (Å²) in [6.07, 6.45) is 0.113. The van der Waals surface area contributed by atoms with Crippen LogP contribution in [0.2, 0.25) is 0 Å². The van der Waals surface area contributed by atoms with E-state index in [1.54, 1.807) is 6.92 Å². The zero-order chi connectivity index (χ0) is 9.40. The summed E-state index contributed by atoms with van der Waals surface area (Å²) in [6, 6.07) is -0.518. The Bertz CT molecular complexity index is 159. The molecule has 5 nitrogen and oxygen atoms in total. The van der Waals surface area contributed by atoms with Gasteiger partial charge in [0.1, 0.15) is 0 Å². The van der Waals surface area contributed by atoms with Crippen molar-refractivity contribution in [1.29, 1.82) is 0 Å². The molecule has 0 saturated carbocycles. The third-order valence-electron chi connectivity index (χ3n) is 1.03. The molecule has 0 fully saturated rings. The highest BCUT2D eigenvalue weighted by Crippen LogP contribution is 1.76. The van der Waals surface area contributed by atoms with Crippen LogP contribution in [0.3, 0.4) is 0 Å². The molecule has 0 aromatic carbocycles. The first-order valence-electron chi connectivity index (χ1n) is 3.92. The molecule has 0 radical (unpaired) electrons. The van der Waals surface area contributed by atoms with Gasteiger partial charge in [0.05, 0.1) is 6.61 Å². The van der Waals surface area contributed by atoms with Gasteiger partial charge < -0.3 is 10.1 Å². The number of ether oxygens (including phenoxy) is 1. The van der Waals surface area contributed by atoms with Crippen LogP contribution in [0.4, 0.5) is 9.59 Å². The molecule has 0 aliphatic heterocycles. The summed E-state index contributed by atoms with van der Waals surface area (Å²) in [4.78, 5) is 21.4. The molecule has 70 valence electrons. The van der Waals surface area contributed by atoms with Crippen molar-refractivity contribution in [2.45, 2.75) is 20.3 Å². The van der Waals surface area contributed by atoms with E-state index >= 15 is 0 Å². The van der Waals surface area contributed by atoms with Gasteiger partial charge in [-0.05, 0) is 13.3 Å². The van der Waals surface area contributed by atoms with Gasteiger partial charge in [-0.3, -0.25) is 0 Å². The van der Waals surface area contributed by atoms with Crippen molar-refractivity contribution in [3.8, 4) is 0 Å². The summed E-state index contributed by atoms with van der Waals surface area (Å²) in [5.74, 6) is 0. The van der Waals surface area contributed by atoms with Crippen LogP contribution in [-0.2, 0) is 4.74 Å². The first-order chi connectivity index (χ1) is 5.70. The Morgan fingerprint density at radius 3 is 2.50 bits per heavy atom. The molecular weight excluding hydrogens is 160 g/mol. The number of rotatable bonds is 3. The van der Waals surface area contributed by atoms with Crippen LogP contribution in [0.1, 0.15) is 20.3 Å². The van der Waals surface area contributed by atoms with Crippen molar-refractivity contribution in [1.82, 2.24) is 10.6 Å². The van der Waals surface area contributed by atoms with E-state index in [0.717, 1.165) is 6.42 Å². The lowest BCUT2D eigenvalue weighted by Crippen LogP contribution is -2.39. The first-order valence-corrected chi connectivity index (χ1v) is 3.92. The van der Waals surface area contributed by atoms with Crippen molar-refractivity contribution in [3.05, 3.63) is 0 Å². The molecular formula is C7H14N2O3. The second-order valence-electron chi connectivity index (χ2n) is 2.10. The predicted molar refractivity (Wildman–Crippen MR) is 43.8 cm³/mol. The maximum atomic E-state index is 10.8. The predicted octanol–water partition coefficient (Wildman–Crippen LogP) is 0.852. The van der Waals surface area contributed by atoms with E-state index in [-0.39, 0.29) is 6.61 Å².